The summed E-state index contributed by atoms with van der Waals surface area (Å²) in [5.74, 6) is -0.00676. The quantitative estimate of drug-likeness (QED) is 0.733. The molecule has 0 spiro atoms. The molecule has 0 saturated carbocycles. The van der Waals surface area contributed by atoms with E-state index in [9.17, 15) is 4.79 Å². The minimum Gasteiger partial charge on any atom is -0.461 e. The molecule has 0 atom stereocenters. The van der Waals surface area contributed by atoms with Gasteiger partial charge >= 0.3 is 5.97 Å². The van der Waals surface area contributed by atoms with Gasteiger partial charge in [-0.2, -0.15) is 0 Å². The minimum atomic E-state index is -0.526. The van der Waals surface area contributed by atoms with Crippen molar-refractivity contribution in [2.45, 2.75) is 13.8 Å². The van der Waals surface area contributed by atoms with Gasteiger partial charge in [-0.1, -0.05) is 17.3 Å². The SMILES string of the molecule is CCOC(=O)C1=NOc2ccccc2N=C1C. The Morgan fingerprint density at radius 2 is 2.18 bits per heavy atom. The standard InChI is InChI=1S/C12H12N2O3/c1-3-16-12(15)11-8(2)13-9-6-4-5-7-10(9)17-14-11/h4-7H,3H2,1-2H3. The third-order valence-electron chi connectivity index (χ3n) is 2.20. The average molecular weight is 232 g/mol. The van der Waals surface area contributed by atoms with E-state index in [0.29, 0.717) is 17.1 Å². The molecular weight excluding hydrogens is 220 g/mol. The van der Waals surface area contributed by atoms with E-state index in [0.717, 1.165) is 0 Å². The lowest BCUT2D eigenvalue weighted by atomic mass is 10.2. The maximum atomic E-state index is 11.6. The molecule has 0 aliphatic carbocycles. The van der Waals surface area contributed by atoms with Crippen LogP contribution < -0.4 is 4.84 Å². The predicted molar refractivity (Wildman–Crippen MR) is 63.9 cm³/mol. The first-order valence-corrected chi connectivity index (χ1v) is 5.29. The highest BCUT2D eigenvalue weighted by Gasteiger charge is 2.20. The van der Waals surface area contributed by atoms with E-state index in [2.05, 4.69) is 10.1 Å². The normalized spacial score (nSPS) is 13.8. The summed E-state index contributed by atoms with van der Waals surface area (Å²) < 4.78 is 4.88. The summed E-state index contributed by atoms with van der Waals surface area (Å²) in [5, 5.41) is 3.78. The number of nitrogens with zero attached hydrogens (tertiary/aromatic N) is 2. The summed E-state index contributed by atoms with van der Waals surface area (Å²) in [7, 11) is 0. The van der Waals surface area contributed by atoms with Crippen LogP contribution in [0.25, 0.3) is 0 Å². The Balaban J connectivity index is 2.35. The van der Waals surface area contributed by atoms with Crippen LogP contribution in [0, 0.1) is 0 Å². The third kappa shape index (κ3) is 2.33. The van der Waals surface area contributed by atoms with Gasteiger partial charge in [0.15, 0.2) is 5.75 Å². The van der Waals surface area contributed by atoms with Crippen LogP contribution in [0.4, 0.5) is 5.69 Å². The maximum Gasteiger partial charge on any atom is 0.362 e. The van der Waals surface area contributed by atoms with Crippen molar-refractivity contribution in [3.8, 4) is 5.75 Å². The Kier molecular flexibility index (Phi) is 3.18. The van der Waals surface area contributed by atoms with E-state index in [1.165, 1.54) is 0 Å². The molecule has 1 aromatic carbocycles. The Hall–Kier alpha value is -2.17. The van der Waals surface area contributed by atoms with Gasteiger partial charge < -0.3 is 9.57 Å². The van der Waals surface area contributed by atoms with Gasteiger partial charge in [0.05, 0.1) is 12.3 Å². The van der Waals surface area contributed by atoms with Gasteiger partial charge in [-0.3, -0.25) is 0 Å². The predicted octanol–water partition coefficient (Wildman–Crippen LogP) is 2.09. The van der Waals surface area contributed by atoms with Crippen LogP contribution in [0.2, 0.25) is 0 Å². The maximum absolute atomic E-state index is 11.6. The number of rotatable bonds is 2. The van der Waals surface area contributed by atoms with Crippen molar-refractivity contribution in [2.24, 2.45) is 10.1 Å². The second-order valence-electron chi connectivity index (χ2n) is 3.42. The van der Waals surface area contributed by atoms with Crippen LogP contribution in [0.3, 0.4) is 0 Å². The zero-order valence-corrected chi connectivity index (χ0v) is 9.64. The van der Waals surface area contributed by atoms with E-state index in [-0.39, 0.29) is 12.3 Å². The van der Waals surface area contributed by atoms with Gasteiger partial charge in [0.2, 0.25) is 5.71 Å². The summed E-state index contributed by atoms with van der Waals surface area (Å²) in [6, 6.07) is 7.19. The number of hydrogen-bond acceptors (Lipinski definition) is 5. The molecule has 0 N–H and O–H groups in total. The monoisotopic (exact) mass is 232 g/mol. The molecule has 1 aliphatic rings. The largest absolute Gasteiger partial charge is 0.461 e. The number of esters is 1. The van der Waals surface area contributed by atoms with Crippen molar-refractivity contribution in [1.29, 1.82) is 0 Å². The number of oxime groups is 1. The van der Waals surface area contributed by atoms with Gasteiger partial charge in [0.1, 0.15) is 5.69 Å². The molecule has 0 aromatic heterocycles. The van der Waals surface area contributed by atoms with Crippen LogP contribution in [0.1, 0.15) is 13.8 Å². The van der Waals surface area contributed by atoms with Crippen molar-refractivity contribution >= 4 is 23.1 Å². The van der Waals surface area contributed by atoms with E-state index < -0.39 is 5.97 Å². The Bertz CT molecular complexity index is 506. The van der Waals surface area contributed by atoms with Crippen LogP contribution in [-0.2, 0) is 9.53 Å². The molecule has 0 unspecified atom stereocenters. The van der Waals surface area contributed by atoms with Crippen molar-refractivity contribution in [1.82, 2.24) is 0 Å². The minimum absolute atomic E-state index is 0.100. The summed E-state index contributed by atoms with van der Waals surface area (Å²) >= 11 is 0. The van der Waals surface area contributed by atoms with E-state index in [1.54, 1.807) is 26.0 Å². The number of hydrogen-bond donors (Lipinski definition) is 0. The first-order valence-electron chi connectivity index (χ1n) is 5.29. The summed E-state index contributed by atoms with van der Waals surface area (Å²) in [4.78, 5) is 21.1. The molecule has 17 heavy (non-hydrogen) atoms. The Labute approximate surface area is 98.7 Å². The highest BCUT2D eigenvalue weighted by molar-refractivity contribution is 6.65. The van der Waals surface area contributed by atoms with Crippen LogP contribution in [-0.4, -0.2) is 24.0 Å². The van der Waals surface area contributed by atoms with E-state index in [1.807, 2.05) is 12.1 Å². The van der Waals surface area contributed by atoms with Crippen LogP contribution >= 0.6 is 0 Å². The zero-order chi connectivity index (χ0) is 12.3. The topological polar surface area (TPSA) is 60.2 Å². The molecule has 0 radical (unpaired) electrons. The number of fused-ring (bicyclic) bond motifs is 1. The van der Waals surface area contributed by atoms with E-state index in [4.69, 9.17) is 9.57 Å². The highest BCUT2D eigenvalue weighted by atomic mass is 16.6. The number of aliphatic imine (C=N–C) groups is 1. The smallest absolute Gasteiger partial charge is 0.362 e. The van der Waals surface area contributed by atoms with Gasteiger partial charge in [-0.25, -0.2) is 9.79 Å². The molecule has 1 aliphatic heterocycles. The molecule has 0 bridgehead atoms. The average Bonchev–Trinajstić information content (AvgIpc) is 2.47. The van der Waals surface area contributed by atoms with Gasteiger partial charge in [-0.05, 0) is 26.0 Å². The lowest BCUT2D eigenvalue weighted by Crippen LogP contribution is -2.24. The van der Waals surface area contributed by atoms with Crippen molar-refractivity contribution < 1.29 is 14.4 Å². The summed E-state index contributed by atoms with van der Waals surface area (Å²) in [5.41, 5.74) is 1.23. The first-order chi connectivity index (χ1) is 8.22. The second kappa shape index (κ2) is 4.78. The van der Waals surface area contributed by atoms with Crippen LogP contribution in [0.15, 0.2) is 34.4 Å². The van der Waals surface area contributed by atoms with Crippen LogP contribution in [0.5, 0.6) is 5.75 Å². The molecule has 5 nitrogen and oxygen atoms in total. The Morgan fingerprint density at radius 1 is 1.41 bits per heavy atom. The molecule has 5 heteroatoms. The lowest BCUT2D eigenvalue weighted by Gasteiger charge is -2.02. The van der Waals surface area contributed by atoms with E-state index >= 15 is 0 Å². The molecule has 2 rings (SSSR count). The first kappa shape index (κ1) is 11.3. The second-order valence-corrected chi connectivity index (χ2v) is 3.42. The fourth-order valence-corrected chi connectivity index (χ4v) is 1.41. The van der Waals surface area contributed by atoms with Crippen molar-refractivity contribution in [3.05, 3.63) is 24.3 Å². The molecule has 88 valence electrons. The third-order valence-corrected chi connectivity index (χ3v) is 2.20. The highest BCUT2D eigenvalue weighted by Crippen LogP contribution is 2.28. The molecule has 1 aromatic rings. The number of carbonyl (C=O) groups excluding carboxylic acids is 1. The number of ether oxygens (including phenoxy) is 1. The van der Waals surface area contributed by atoms with Gasteiger partial charge in [0, 0.05) is 0 Å². The molecule has 0 amide bonds. The number of para-hydroxylation sites is 2. The molecule has 0 fully saturated rings. The summed E-state index contributed by atoms with van der Waals surface area (Å²) in [6.45, 7) is 3.72. The fourth-order valence-electron chi connectivity index (χ4n) is 1.41. The molecule has 1 heterocycles. The number of benzene rings is 1. The number of carbonyl (C=O) groups is 1. The fraction of sp³-hybridized carbons (Fsp3) is 0.250. The van der Waals surface area contributed by atoms with Crippen molar-refractivity contribution in [2.75, 3.05) is 6.61 Å². The zero-order valence-electron chi connectivity index (χ0n) is 9.64. The van der Waals surface area contributed by atoms with Gasteiger partial charge in [0.25, 0.3) is 0 Å². The lowest BCUT2D eigenvalue weighted by molar-refractivity contribution is -0.134. The molecular formula is C12H12N2O3. The Morgan fingerprint density at radius 3 is 2.94 bits per heavy atom. The molecule has 0 saturated heterocycles. The van der Waals surface area contributed by atoms with Crippen molar-refractivity contribution in [3.63, 3.8) is 0 Å². The van der Waals surface area contributed by atoms with Gasteiger partial charge in [-0.15, -0.1) is 0 Å². The summed E-state index contributed by atoms with van der Waals surface area (Å²) in [6.07, 6.45) is 0.